The maximum Gasteiger partial charge on any atom is 0.227 e. The molecule has 0 spiro atoms. The maximum atomic E-state index is 12.3. The molecule has 3 N–H and O–H groups in total. The molecule has 0 aromatic heterocycles. The maximum absolute atomic E-state index is 12.3. The largest absolute Gasteiger partial charge is 0.353 e. The van der Waals surface area contributed by atoms with Gasteiger partial charge in [-0.1, -0.05) is 13.8 Å². The van der Waals surface area contributed by atoms with Crippen molar-refractivity contribution in [3.63, 3.8) is 0 Å². The molecule has 0 heterocycles. The van der Waals surface area contributed by atoms with Crippen molar-refractivity contribution in [3.8, 4) is 0 Å². The summed E-state index contributed by atoms with van der Waals surface area (Å²) in [5.74, 6) is 0.0831. The average Bonchev–Trinajstić information content (AvgIpc) is 2.19. The van der Waals surface area contributed by atoms with Gasteiger partial charge in [0.1, 0.15) is 0 Å². The highest BCUT2D eigenvalue weighted by Gasteiger charge is 2.41. The number of carbonyl (C=O) groups is 1. The highest BCUT2D eigenvalue weighted by atomic mass is 16.2. The molecule has 3 heteroatoms. The number of nitrogens with one attached hydrogen (secondary N) is 1. The minimum Gasteiger partial charge on any atom is -0.353 e. The zero-order valence-corrected chi connectivity index (χ0v) is 12.9. The smallest absolute Gasteiger partial charge is 0.227 e. The Bertz CT molecular complexity index is 303. The standard InChI is InChI=1S/C15H30N2O/c1-13(2)9-7-11(8-10-13)17-12(18)14(3,4)15(5,6)16/h11H,7-10,16H2,1-6H3,(H,17,18). The van der Waals surface area contributed by atoms with Crippen LogP contribution in [0.25, 0.3) is 0 Å². The van der Waals surface area contributed by atoms with Crippen molar-refractivity contribution in [1.29, 1.82) is 0 Å². The van der Waals surface area contributed by atoms with E-state index in [1.807, 2.05) is 27.7 Å². The third-order valence-electron chi connectivity index (χ3n) is 4.85. The second-order valence-electron chi connectivity index (χ2n) is 7.76. The van der Waals surface area contributed by atoms with Crippen LogP contribution in [0.1, 0.15) is 67.2 Å². The highest BCUT2D eigenvalue weighted by Crippen LogP contribution is 2.36. The molecule has 106 valence electrons. The molecule has 0 aromatic rings. The average molecular weight is 254 g/mol. The molecule has 1 amide bonds. The molecule has 18 heavy (non-hydrogen) atoms. The van der Waals surface area contributed by atoms with E-state index in [2.05, 4.69) is 19.2 Å². The van der Waals surface area contributed by atoms with E-state index in [-0.39, 0.29) is 5.91 Å². The monoisotopic (exact) mass is 254 g/mol. The number of hydrogen-bond acceptors (Lipinski definition) is 2. The second kappa shape index (κ2) is 4.84. The molecule has 0 radical (unpaired) electrons. The summed E-state index contributed by atoms with van der Waals surface area (Å²) in [6.45, 7) is 12.3. The van der Waals surface area contributed by atoms with E-state index in [0.717, 1.165) is 12.8 Å². The summed E-state index contributed by atoms with van der Waals surface area (Å²) in [5.41, 5.74) is 5.49. The van der Waals surface area contributed by atoms with E-state index in [4.69, 9.17) is 5.73 Å². The lowest BCUT2D eigenvalue weighted by Gasteiger charge is -2.40. The van der Waals surface area contributed by atoms with E-state index < -0.39 is 11.0 Å². The van der Waals surface area contributed by atoms with Gasteiger partial charge < -0.3 is 11.1 Å². The molecule has 0 unspecified atom stereocenters. The van der Waals surface area contributed by atoms with Crippen molar-refractivity contribution in [2.45, 2.75) is 78.8 Å². The van der Waals surface area contributed by atoms with Gasteiger partial charge in [-0.3, -0.25) is 4.79 Å². The molecular formula is C15H30N2O. The van der Waals surface area contributed by atoms with Crippen molar-refractivity contribution in [2.75, 3.05) is 0 Å². The second-order valence-corrected chi connectivity index (χ2v) is 7.76. The number of hydrogen-bond donors (Lipinski definition) is 2. The number of amides is 1. The third-order valence-corrected chi connectivity index (χ3v) is 4.85. The molecule has 1 rings (SSSR count). The van der Waals surface area contributed by atoms with Crippen LogP contribution < -0.4 is 11.1 Å². The number of carbonyl (C=O) groups excluding carboxylic acids is 1. The zero-order chi connectivity index (χ0) is 14.2. The molecule has 0 aliphatic heterocycles. The van der Waals surface area contributed by atoms with Crippen LogP contribution in [-0.2, 0) is 4.79 Å². The van der Waals surface area contributed by atoms with Crippen LogP contribution >= 0.6 is 0 Å². The van der Waals surface area contributed by atoms with Gasteiger partial charge >= 0.3 is 0 Å². The van der Waals surface area contributed by atoms with Crippen LogP contribution in [0.2, 0.25) is 0 Å². The van der Waals surface area contributed by atoms with E-state index in [0.29, 0.717) is 11.5 Å². The van der Waals surface area contributed by atoms with Crippen molar-refractivity contribution in [2.24, 2.45) is 16.6 Å². The molecule has 1 aliphatic rings. The summed E-state index contributed by atoms with van der Waals surface area (Å²) in [7, 11) is 0. The Morgan fingerprint density at radius 2 is 1.61 bits per heavy atom. The molecular weight excluding hydrogens is 224 g/mol. The Morgan fingerprint density at radius 3 is 2.00 bits per heavy atom. The van der Waals surface area contributed by atoms with Gasteiger partial charge in [0.25, 0.3) is 0 Å². The normalized spacial score (nSPS) is 21.7. The van der Waals surface area contributed by atoms with Crippen molar-refractivity contribution < 1.29 is 4.79 Å². The minimum absolute atomic E-state index is 0.0831. The minimum atomic E-state index is -0.542. The van der Waals surface area contributed by atoms with Crippen LogP contribution in [0.3, 0.4) is 0 Å². The molecule has 0 atom stereocenters. The predicted octanol–water partition coefficient (Wildman–Crippen LogP) is 2.83. The fraction of sp³-hybridized carbons (Fsp3) is 0.933. The molecule has 0 bridgehead atoms. The Balaban J connectivity index is 2.57. The molecule has 3 nitrogen and oxygen atoms in total. The van der Waals surface area contributed by atoms with Crippen LogP contribution in [0, 0.1) is 10.8 Å². The summed E-state index contributed by atoms with van der Waals surface area (Å²) in [6.07, 6.45) is 4.54. The zero-order valence-electron chi connectivity index (χ0n) is 12.9. The molecule has 0 aromatic carbocycles. The first kappa shape index (κ1) is 15.5. The van der Waals surface area contributed by atoms with Gasteiger partial charge in [0.2, 0.25) is 5.91 Å². The van der Waals surface area contributed by atoms with Gasteiger partial charge in [-0.15, -0.1) is 0 Å². The molecule has 1 saturated carbocycles. The van der Waals surface area contributed by atoms with Crippen molar-refractivity contribution in [3.05, 3.63) is 0 Å². The van der Waals surface area contributed by atoms with Crippen LogP contribution in [0.15, 0.2) is 0 Å². The lowest BCUT2D eigenvalue weighted by atomic mass is 9.73. The quantitative estimate of drug-likeness (QED) is 0.813. The topological polar surface area (TPSA) is 55.1 Å². The Labute approximate surface area is 112 Å². The van der Waals surface area contributed by atoms with Gasteiger partial charge in [-0.05, 0) is 58.8 Å². The Morgan fingerprint density at radius 1 is 1.17 bits per heavy atom. The summed E-state index contributed by atoms with van der Waals surface area (Å²) in [4.78, 5) is 12.3. The summed E-state index contributed by atoms with van der Waals surface area (Å²) in [6, 6.07) is 0.326. The molecule has 0 saturated heterocycles. The van der Waals surface area contributed by atoms with E-state index >= 15 is 0 Å². The van der Waals surface area contributed by atoms with Gasteiger partial charge in [-0.25, -0.2) is 0 Å². The summed E-state index contributed by atoms with van der Waals surface area (Å²) >= 11 is 0. The first-order valence-corrected chi connectivity index (χ1v) is 7.06. The van der Waals surface area contributed by atoms with Gasteiger partial charge in [0, 0.05) is 11.6 Å². The lowest BCUT2D eigenvalue weighted by molar-refractivity contribution is -0.133. The molecule has 1 aliphatic carbocycles. The molecule has 1 fully saturated rings. The van der Waals surface area contributed by atoms with Crippen LogP contribution in [0.4, 0.5) is 0 Å². The first-order chi connectivity index (χ1) is 7.96. The number of rotatable bonds is 3. The van der Waals surface area contributed by atoms with Crippen molar-refractivity contribution >= 4 is 5.91 Å². The number of nitrogens with two attached hydrogens (primary N) is 1. The third kappa shape index (κ3) is 3.47. The first-order valence-electron chi connectivity index (χ1n) is 7.06. The highest BCUT2D eigenvalue weighted by molar-refractivity contribution is 5.83. The van der Waals surface area contributed by atoms with Crippen LogP contribution in [-0.4, -0.2) is 17.5 Å². The van der Waals surface area contributed by atoms with E-state index in [1.54, 1.807) is 0 Å². The van der Waals surface area contributed by atoms with E-state index in [9.17, 15) is 4.79 Å². The van der Waals surface area contributed by atoms with Crippen molar-refractivity contribution in [1.82, 2.24) is 5.32 Å². The summed E-state index contributed by atoms with van der Waals surface area (Å²) < 4.78 is 0. The van der Waals surface area contributed by atoms with Crippen LogP contribution in [0.5, 0.6) is 0 Å². The Hall–Kier alpha value is -0.570. The fourth-order valence-electron chi connectivity index (χ4n) is 2.20. The summed E-state index contributed by atoms with van der Waals surface area (Å²) in [5, 5.41) is 3.18. The SMILES string of the molecule is CC1(C)CCC(NC(=O)C(C)(C)C(C)(C)N)CC1. The van der Waals surface area contributed by atoms with Gasteiger partial charge in [0.15, 0.2) is 0 Å². The van der Waals surface area contributed by atoms with Gasteiger partial charge in [-0.2, -0.15) is 0 Å². The fourth-order valence-corrected chi connectivity index (χ4v) is 2.20. The Kier molecular flexibility index (Phi) is 4.16. The van der Waals surface area contributed by atoms with E-state index in [1.165, 1.54) is 12.8 Å². The lowest BCUT2D eigenvalue weighted by Crippen LogP contribution is -2.57. The van der Waals surface area contributed by atoms with Gasteiger partial charge in [0.05, 0.1) is 5.41 Å². The predicted molar refractivity (Wildman–Crippen MR) is 76.2 cm³/mol.